The highest BCUT2D eigenvalue weighted by Crippen LogP contribution is 2.19. The lowest BCUT2D eigenvalue weighted by Gasteiger charge is -2.32. The molecule has 0 aliphatic carbocycles. The lowest BCUT2D eigenvalue weighted by atomic mass is 9.95. The molecule has 1 rings (SSSR count). The molecule has 6 nitrogen and oxygen atoms in total. The smallest absolute Gasteiger partial charge is 0.222 e. The number of nitrogens with two attached hydrogens (primary N) is 1. The Labute approximate surface area is 108 Å². The molecule has 0 radical (unpaired) electrons. The molecular formula is C12H23N3O3. The van der Waals surface area contributed by atoms with Gasteiger partial charge >= 0.3 is 0 Å². The predicted molar refractivity (Wildman–Crippen MR) is 68.4 cm³/mol. The third-order valence-electron chi connectivity index (χ3n) is 3.36. The van der Waals surface area contributed by atoms with Crippen molar-refractivity contribution in [3.63, 3.8) is 0 Å². The molecule has 1 atom stereocenters. The maximum absolute atomic E-state index is 12.0. The number of rotatable bonds is 5. The van der Waals surface area contributed by atoms with E-state index in [1.807, 2.05) is 11.8 Å². The van der Waals surface area contributed by atoms with Gasteiger partial charge in [-0.05, 0) is 18.8 Å². The molecule has 0 aromatic carbocycles. The number of nitrogens with zero attached hydrogens (tertiary/aromatic N) is 2. The van der Waals surface area contributed by atoms with Crippen LogP contribution in [-0.2, 0) is 9.53 Å². The summed E-state index contributed by atoms with van der Waals surface area (Å²) < 4.78 is 5.02. The molecule has 1 unspecified atom stereocenters. The molecule has 1 fully saturated rings. The topological polar surface area (TPSA) is 88.2 Å². The van der Waals surface area contributed by atoms with E-state index >= 15 is 0 Å². The van der Waals surface area contributed by atoms with E-state index in [-0.39, 0.29) is 23.6 Å². The van der Waals surface area contributed by atoms with Gasteiger partial charge in [-0.15, -0.1) is 0 Å². The second-order valence-electron chi connectivity index (χ2n) is 4.94. The van der Waals surface area contributed by atoms with E-state index in [0.29, 0.717) is 26.1 Å². The van der Waals surface area contributed by atoms with E-state index in [0.717, 1.165) is 12.8 Å². The molecule has 0 aromatic heterocycles. The minimum atomic E-state index is 0.0930. The third kappa shape index (κ3) is 4.18. The summed E-state index contributed by atoms with van der Waals surface area (Å²) in [6, 6.07) is 0. The van der Waals surface area contributed by atoms with Gasteiger partial charge in [0, 0.05) is 39.1 Å². The number of methoxy groups -OCH3 is 1. The number of oxime groups is 1. The van der Waals surface area contributed by atoms with Gasteiger partial charge in [0.05, 0.1) is 0 Å². The molecule has 0 aromatic rings. The van der Waals surface area contributed by atoms with Crippen molar-refractivity contribution in [2.45, 2.75) is 26.2 Å². The van der Waals surface area contributed by atoms with E-state index in [1.54, 1.807) is 7.11 Å². The minimum absolute atomic E-state index is 0.0930. The predicted octanol–water partition coefficient (Wildman–Crippen LogP) is 0.644. The minimum Gasteiger partial charge on any atom is -0.409 e. The van der Waals surface area contributed by atoms with E-state index in [9.17, 15) is 4.79 Å². The van der Waals surface area contributed by atoms with Crippen molar-refractivity contribution < 1.29 is 14.7 Å². The average Bonchev–Trinajstić information content (AvgIpc) is 2.38. The third-order valence-corrected chi connectivity index (χ3v) is 3.36. The zero-order valence-electron chi connectivity index (χ0n) is 11.1. The van der Waals surface area contributed by atoms with Crippen LogP contribution in [0, 0.1) is 11.8 Å². The molecule has 6 heteroatoms. The largest absolute Gasteiger partial charge is 0.409 e. The second kappa shape index (κ2) is 7.20. The van der Waals surface area contributed by atoms with Crippen molar-refractivity contribution in [3.05, 3.63) is 0 Å². The van der Waals surface area contributed by atoms with Gasteiger partial charge in [0.25, 0.3) is 0 Å². The molecule has 104 valence electrons. The Bertz CT molecular complexity index is 299. The molecule has 1 saturated heterocycles. The van der Waals surface area contributed by atoms with Crippen LogP contribution in [0.2, 0.25) is 0 Å². The van der Waals surface area contributed by atoms with Crippen LogP contribution >= 0.6 is 0 Å². The number of piperidine rings is 1. The fraction of sp³-hybridized carbons (Fsp3) is 0.833. The summed E-state index contributed by atoms with van der Waals surface area (Å²) in [6.45, 7) is 3.97. The van der Waals surface area contributed by atoms with Gasteiger partial charge in [-0.3, -0.25) is 4.79 Å². The number of ether oxygens (including phenoxy) is 1. The lowest BCUT2D eigenvalue weighted by molar-refractivity contribution is -0.133. The first-order chi connectivity index (χ1) is 8.58. The first kappa shape index (κ1) is 14.8. The van der Waals surface area contributed by atoms with Gasteiger partial charge in [0.15, 0.2) is 0 Å². The van der Waals surface area contributed by atoms with Crippen molar-refractivity contribution in [2.75, 3.05) is 26.8 Å². The molecule has 0 saturated carbocycles. The number of hydrogen-bond acceptors (Lipinski definition) is 4. The summed E-state index contributed by atoms with van der Waals surface area (Å²) in [7, 11) is 1.64. The van der Waals surface area contributed by atoms with Crippen LogP contribution in [0.25, 0.3) is 0 Å². The van der Waals surface area contributed by atoms with E-state index in [2.05, 4.69) is 5.16 Å². The normalized spacial score (nSPS) is 19.9. The zero-order chi connectivity index (χ0) is 13.5. The molecule has 1 aliphatic rings. The van der Waals surface area contributed by atoms with Crippen LogP contribution in [0.15, 0.2) is 5.16 Å². The molecule has 1 heterocycles. The van der Waals surface area contributed by atoms with Gasteiger partial charge in [0.1, 0.15) is 5.84 Å². The fourth-order valence-electron chi connectivity index (χ4n) is 2.28. The Morgan fingerprint density at radius 2 is 2.17 bits per heavy atom. The Balaban J connectivity index is 2.36. The number of hydrogen-bond donors (Lipinski definition) is 2. The summed E-state index contributed by atoms with van der Waals surface area (Å²) in [5.74, 6) is 0.770. The fourth-order valence-corrected chi connectivity index (χ4v) is 2.28. The summed E-state index contributed by atoms with van der Waals surface area (Å²) >= 11 is 0. The molecular weight excluding hydrogens is 234 g/mol. The summed E-state index contributed by atoms with van der Waals surface area (Å²) in [5, 5.41) is 11.6. The van der Waals surface area contributed by atoms with Gasteiger partial charge in [-0.2, -0.15) is 0 Å². The number of likely N-dealkylation sites (tertiary alicyclic amines) is 1. The highest BCUT2D eigenvalue weighted by molar-refractivity contribution is 5.83. The molecule has 1 aliphatic heterocycles. The van der Waals surface area contributed by atoms with Crippen LogP contribution in [0.3, 0.4) is 0 Å². The number of amides is 1. The molecule has 18 heavy (non-hydrogen) atoms. The van der Waals surface area contributed by atoms with Crippen molar-refractivity contribution in [3.8, 4) is 0 Å². The SMILES string of the molecule is COCC(C)CC(=O)N1CCC(C(N)=NO)CC1. The number of carbonyl (C=O) groups is 1. The number of carbonyl (C=O) groups excluding carboxylic acids is 1. The highest BCUT2D eigenvalue weighted by Gasteiger charge is 2.25. The van der Waals surface area contributed by atoms with E-state index in [1.165, 1.54) is 0 Å². The Morgan fingerprint density at radius 1 is 1.56 bits per heavy atom. The highest BCUT2D eigenvalue weighted by atomic mass is 16.5. The standard InChI is InChI=1S/C12H23N3O3/c1-9(8-18-2)7-11(16)15-5-3-10(4-6-15)12(13)14-17/h9-10,17H,3-8H2,1-2H3,(H2,13,14). The molecule has 0 bridgehead atoms. The maximum atomic E-state index is 12.0. The van der Waals surface area contributed by atoms with Crippen LogP contribution in [0.1, 0.15) is 26.2 Å². The van der Waals surface area contributed by atoms with E-state index < -0.39 is 0 Å². The molecule has 1 amide bonds. The zero-order valence-corrected chi connectivity index (χ0v) is 11.1. The Kier molecular flexibility index (Phi) is 5.91. The van der Waals surface area contributed by atoms with Crippen LogP contribution in [0.5, 0.6) is 0 Å². The van der Waals surface area contributed by atoms with Gasteiger partial charge in [0.2, 0.25) is 5.91 Å². The lowest BCUT2D eigenvalue weighted by Crippen LogP contribution is -2.42. The Hall–Kier alpha value is -1.30. The summed E-state index contributed by atoms with van der Waals surface area (Å²) in [5.41, 5.74) is 5.57. The second-order valence-corrected chi connectivity index (χ2v) is 4.94. The van der Waals surface area contributed by atoms with Gasteiger partial charge < -0.3 is 20.6 Å². The van der Waals surface area contributed by atoms with Crippen molar-refractivity contribution in [1.29, 1.82) is 0 Å². The summed E-state index contributed by atoms with van der Waals surface area (Å²) in [4.78, 5) is 13.8. The quantitative estimate of drug-likeness (QED) is 0.327. The Morgan fingerprint density at radius 3 is 2.67 bits per heavy atom. The van der Waals surface area contributed by atoms with E-state index in [4.69, 9.17) is 15.7 Å². The summed E-state index contributed by atoms with van der Waals surface area (Å²) in [6.07, 6.45) is 2.04. The monoisotopic (exact) mass is 257 g/mol. The van der Waals surface area contributed by atoms with Crippen LogP contribution < -0.4 is 5.73 Å². The maximum Gasteiger partial charge on any atom is 0.222 e. The first-order valence-corrected chi connectivity index (χ1v) is 6.32. The van der Waals surface area contributed by atoms with Crippen LogP contribution in [0.4, 0.5) is 0 Å². The van der Waals surface area contributed by atoms with Crippen molar-refractivity contribution in [2.24, 2.45) is 22.7 Å². The molecule has 3 N–H and O–H groups in total. The van der Waals surface area contributed by atoms with Gasteiger partial charge in [-0.1, -0.05) is 12.1 Å². The van der Waals surface area contributed by atoms with Crippen molar-refractivity contribution >= 4 is 11.7 Å². The first-order valence-electron chi connectivity index (χ1n) is 6.32. The van der Waals surface area contributed by atoms with Gasteiger partial charge in [-0.25, -0.2) is 0 Å². The average molecular weight is 257 g/mol. The molecule has 0 spiro atoms. The number of amidine groups is 1. The van der Waals surface area contributed by atoms with Crippen LogP contribution in [-0.4, -0.2) is 48.7 Å². The van der Waals surface area contributed by atoms with Crippen molar-refractivity contribution in [1.82, 2.24) is 4.90 Å².